The van der Waals surface area contributed by atoms with Crippen LogP contribution in [0.25, 0.3) is 0 Å². The van der Waals surface area contributed by atoms with E-state index in [1.165, 1.54) is 24.1 Å². The van der Waals surface area contributed by atoms with Gasteiger partial charge in [-0.2, -0.15) is 0 Å². The van der Waals surface area contributed by atoms with Gasteiger partial charge in [0.1, 0.15) is 15.7 Å². The summed E-state index contributed by atoms with van der Waals surface area (Å²) in [7, 11) is -3.21. The first-order valence-corrected chi connectivity index (χ1v) is 15.1. The number of carbonyl (C=O) groups is 1. The normalized spacial score (nSPS) is 17.5. The largest absolute Gasteiger partial charge is 0.390 e. The molecule has 1 saturated carbocycles. The van der Waals surface area contributed by atoms with Gasteiger partial charge in [0.15, 0.2) is 0 Å². The van der Waals surface area contributed by atoms with Crippen molar-refractivity contribution in [2.24, 2.45) is 0 Å². The number of nitrogens with zero attached hydrogens (tertiary/aromatic N) is 1. The van der Waals surface area contributed by atoms with Crippen molar-refractivity contribution < 1.29 is 22.7 Å². The molecule has 0 saturated heterocycles. The van der Waals surface area contributed by atoms with Crippen LogP contribution in [0, 0.1) is 5.82 Å². The van der Waals surface area contributed by atoms with Crippen molar-refractivity contribution in [2.75, 3.05) is 16.8 Å². The third-order valence-corrected chi connectivity index (χ3v) is 9.61. The zero-order valence-corrected chi connectivity index (χ0v) is 22.7. The van der Waals surface area contributed by atoms with Crippen LogP contribution in [-0.4, -0.2) is 41.6 Å². The van der Waals surface area contributed by atoms with E-state index >= 15 is 0 Å². The first-order chi connectivity index (χ1) is 17.4. The van der Waals surface area contributed by atoms with Gasteiger partial charge in [-0.1, -0.05) is 37.5 Å². The molecule has 1 fully saturated rings. The molecule has 8 heteroatoms. The number of sulfone groups is 1. The standard InChI is InChI=1S/C29H39FN2O4S/c1-28(2,34)16-18-37(35,36)17-6-15-29(13-4-3-5-14-29)24-8-11-26(12-9-24)31-27(33)32-20-22-7-10-25(30)19-23(22)21-32/h7-12,19,34H,3-6,13-18,20-21H2,1-2H3,(H,31,33). The topological polar surface area (TPSA) is 86.7 Å². The molecule has 0 bridgehead atoms. The number of amides is 2. The highest BCUT2D eigenvalue weighted by Gasteiger charge is 2.34. The van der Waals surface area contributed by atoms with Crippen LogP contribution >= 0.6 is 0 Å². The number of anilines is 1. The van der Waals surface area contributed by atoms with Crippen molar-refractivity contribution >= 4 is 21.6 Å². The number of carbonyl (C=O) groups excluding carboxylic acids is 1. The minimum absolute atomic E-state index is 0.00886. The molecule has 2 aromatic carbocycles. The number of benzene rings is 2. The minimum Gasteiger partial charge on any atom is -0.390 e. The quantitative estimate of drug-likeness (QED) is 0.421. The van der Waals surface area contributed by atoms with E-state index in [4.69, 9.17) is 0 Å². The zero-order chi connectivity index (χ0) is 26.7. The molecule has 37 heavy (non-hydrogen) atoms. The number of rotatable bonds is 9. The Bertz CT molecular complexity index is 1200. The van der Waals surface area contributed by atoms with Gasteiger partial charge in [-0.3, -0.25) is 0 Å². The molecule has 2 aromatic rings. The highest BCUT2D eigenvalue weighted by Crippen LogP contribution is 2.43. The third kappa shape index (κ3) is 7.32. The molecule has 2 aliphatic rings. The van der Waals surface area contributed by atoms with Gasteiger partial charge in [0.25, 0.3) is 0 Å². The molecule has 0 aromatic heterocycles. The Morgan fingerprint density at radius 1 is 1.03 bits per heavy atom. The lowest BCUT2D eigenvalue weighted by atomic mass is 9.67. The Labute approximate surface area is 220 Å². The average molecular weight is 531 g/mol. The van der Waals surface area contributed by atoms with Gasteiger partial charge in [-0.15, -0.1) is 0 Å². The average Bonchev–Trinajstić information content (AvgIpc) is 3.27. The molecular weight excluding hydrogens is 491 g/mol. The molecule has 2 amide bonds. The molecule has 0 unspecified atom stereocenters. The van der Waals surface area contributed by atoms with Crippen molar-refractivity contribution in [1.82, 2.24) is 4.90 Å². The number of hydrogen-bond acceptors (Lipinski definition) is 4. The number of halogens is 1. The molecule has 0 spiro atoms. The summed E-state index contributed by atoms with van der Waals surface area (Å²) in [5.41, 5.74) is 2.68. The molecule has 0 radical (unpaired) electrons. The van der Waals surface area contributed by atoms with Crippen molar-refractivity contribution in [2.45, 2.75) is 89.3 Å². The van der Waals surface area contributed by atoms with Crippen LogP contribution in [0.4, 0.5) is 14.9 Å². The van der Waals surface area contributed by atoms with Crippen LogP contribution in [0.2, 0.25) is 0 Å². The van der Waals surface area contributed by atoms with E-state index in [-0.39, 0.29) is 35.2 Å². The number of aliphatic hydroxyl groups is 1. The summed E-state index contributed by atoms with van der Waals surface area (Å²) in [6.07, 6.45) is 7.16. The number of hydrogen-bond donors (Lipinski definition) is 2. The summed E-state index contributed by atoms with van der Waals surface area (Å²) in [4.78, 5) is 14.5. The lowest BCUT2D eigenvalue weighted by Crippen LogP contribution is -2.31. The second-order valence-corrected chi connectivity index (χ2v) is 13.7. The maximum absolute atomic E-state index is 13.5. The van der Waals surface area contributed by atoms with Gasteiger partial charge < -0.3 is 15.3 Å². The summed E-state index contributed by atoms with van der Waals surface area (Å²) in [6, 6.07) is 12.4. The van der Waals surface area contributed by atoms with Crippen molar-refractivity contribution in [3.63, 3.8) is 0 Å². The van der Waals surface area contributed by atoms with Crippen LogP contribution in [0.5, 0.6) is 0 Å². The highest BCUT2D eigenvalue weighted by molar-refractivity contribution is 7.91. The van der Waals surface area contributed by atoms with E-state index in [0.717, 1.165) is 43.2 Å². The van der Waals surface area contributed by atoms with Crippen LogP contribution in [0.15, 0.2) is 42.5 Å². The first-order valence-electron chi connectivity index (χ1n) is 13.3. The Balaban J connectivity index is 1.37. The van der Waals surface area contributed by atoms with Gasteiger partial charge >= 0.3 is 6.03 Å². The fourth-order valence-electron chi connectivity index (χ4n) is 5.67. The predicted octanol–water partition coefficient (Wildman–Crippen LogP) is 5.93. The molecule has 6 nitrogen and oxygen atoms in total. The van der Waals surface area contributed by atoms with Gasteiger partial charge in [-0.25, -0.2) is 17.6 Å². The number of urea groups is 1. The van der Waals surface area contributed by atoms with E-state index in [9.17, 15) is 22.7 Å². The van der Waals surface area contributed by atoms with E-state index in [1.54, 1.807) is 24.8 Å². The van der Waals surface area contributed by atoms with E-state index in [2.05, 4.69) is 17.4 Å². The minimum atomic E-state index is -3.21. The molecule has 2 N–H and O–H groups in total. The van der Waals surface area contributed by atoms with E-state index < -0.39 is 15.4 Å². The Morgan fingerprint density at radius 2 is 1.70 bits per heavy atom. The molecule has 202 valence electrons. The smallest absolute Gasteiger partial charge is 0.322 e. The summed E-state index contributed by atoms with van der Waals surface area (Å²) in [5.74, 6) is -0.143. The number of nitrogens with one attached hydrogen (secondary N) is 1. The summed E-state index contributed by atoms with van der Waals surface area (Å²) < 4.78 is 38.6. The summed E-state index contributed by atoms with van der Waals surface area (Å²) >= 11 is 0. The van der Waals surface area contributed by atoms with Crippen molar-refractivity contribution in [1.29, 1.82) is 0 Å². The lowest BCUT2D eigenvalue weighted by Gasteiger charge is -2.38. The van der Waals surface area contributed by atoms with Crippen molar-refractivity contribution in [3.05, 3.63) is 65.0 Å². The van der Waals surface area contributed by atoms with Gasteiger partial charge in [0.05, 0.1) is 17.1 Å². The van der Waals surface area contributed by atoms with Gasteiger partial charge in [-0.05, 0) is 92.3 Å². The van der Waals surface area contributed by atoms with Crippen LogP contribution in [0.3, 0.4) is 0 Å². The van der Waals surface area contributed by atoms with Crippen LogP contribution < -0.4 is 5.32 Å². The molecule has 1 heterocycles. The Kier molecular flexibility index (Phi) is 8.29. The highest BCUT2D eigenvalue weighted by atomic mass is 32.2. The third-order valence-electron chi connectivity index (χ3n) is 7.87. The molecule has 1 aliphatic heterocycles. The second-order valence-electron chi connectivity index (χ2n) is 11.4. The molecule has 1 aliphatic carbocycles. The fourth-order valence-corrected chi connectivity index (χ4v) is 7.26. The van der Waals surface area contributed by atoms with Gasteiger partial charge in [0, 0.05) is 18.8 Å². The van der Waals surface area contributed by atoms with E-state index in [1.807, 2.05) is 12.1 Å². The first kappa shape index (κ1) is 27.6. The molecule has 0 atom stereocenters. The Morgan fingerprint density at radius 3 is 2.38 bits per heavy atom. The number of fused-ring (bicyclic) bond motifs is 1. The van der Waals surface area contributed by atoms with Crippen LogP contribution in [0.1, 0.15) is 81.9 Å². The summed E-state index contributed by atoms with van der Waals surface area (Å²) in [5, 5.41) is 12.8. The van der Waals surface area contributed by atoms with Crippen molar-refractivity contribution in [3.8, 4) is 0 Å². The predicted molar refractivity (Wildman–Crippen MR) is 145 cm³/mol. The van der Waals surface area contributed by atoms with Crippen LogP contribution in [-0.2, 0) is 28.3 Å². The lowest BCUT2D eigenvalue weighted by molar-refractivity contribution is 0.0772. The van der Waals surface area contributed by atoms with E-state index in [0.29, 0.717) is 25.2 Å². The SMILES string of the molecule is CC(C)(O)CCS(=O)(=O)CCCC1(c2ccc(NC(=O)N3Cc4ccc(F)cc4C3)cc2)CCCCC1. The summed E-state index contributed by atoms with van der Waals surface area (Å²) in [6.45, 7) is 4.12. The monoisotopic (exact) mass is 530 g/mol. The maximum atomic E-state index is 13.5. The fraction of sp³-hybridized carbons (Fsp3) is 0.552. The molecular formula is C29H39FN2O4S. The molecule has 4 rings (SSSR count). The van der Waals surface area contributed by atoms with Gasteiger partial charge in [0.2, 0.25) is 0 Å². The maximum Gasteiger partial charge on any atom is 0.322 e. The second kappa shape index (κ2) is 11.1. The zero-order valence-electron chi connectivity index (χ0n) is 21.9. The Hall–Kier alpha value is -2.45.